The van der Waals surface area contributed by atoms with E-state index in [1.165, 1.54) is 32.7 Å². The summed E-state index contributed by atoms with van der Waals surface area (Å²) < 4.78 is 12.7. The van der Waals surface area contributed by atoms with Crippen molar-refractivity contribution in [2.24, 2.45) is 0 Å². The molecule has 0 unspecified atom stereocenters. The molecule has 0 radical (unpaired) electrons. The van der Waals surface area contributed by atoms with Crippen LogP contribution in [0.4, 0.5) is 0 Å². The zero-order valence-corrected chi connectivity index (χ0v) is 19.2. The zero-order valence-electron chi connectivity index (χ0n) is 15.9. The maximum Gasteiger partial charge on any atom is 0.144 e. The Hall–Kier alpha value is -1.48. The lowest BCUT2D eigenvalue weighted by Crippen LogP contribution is -2.26. The Kier molecular flexibility index (Phi) is 10.5. The molecule has 28 heavy (non-hydrogen) atoms. The van der Waals surface area contributed by atoms with E-state index in [0.29, 0.717) is 34.9 Å². The normalized spacial score (nSPS) is 10.2. The van der Waals surface area contributed by atoms with E-state index in [4.69, 9.17) is 33.9 Å². The van der Waals surface area contributed by atoms with E-state index in [0.717, 1.165) is 11.5 Å². The molecule has 8 heteroatoms. The first-order valence-corrected chi connectivity index (χ1v) is 11.8. The quantitative estimate of drug-likeness (QED) is 0.333. The van der Waals surface area contributed by atoms with E-state index in [1.54, 1.807) is 0 Å². The Morgan fingerprint density at radius 1 is 0.786 bits per heavy atom. The molecule has 0 bridgehead atoms. The van der Waals surface area contributed by atoms with E-state index in [9.17, 15) is 0 Å². The molecule has 0 spiro atoms. The summed E-state index contributed by atoms with van der Waals surface area (Å²) in [5.41, 5.74) is 2.36. The second-order valence-corrected chi connectivity index (χ2v) is 9.41. The van der Waals surface area contributed by atoms with Gasteiger partial charge in [0.05, 0.1) is 13.1 Å². The Bertz CT molecular complexity index is 721. The van der Waals surface area contributed by atoms with Gasteiger partial charge in [0, 0.05) is 0 Å². The van der Waals surface area contributed by atoms with Crippen LogP contribution in [0.1, 0.15) is 11.1 Å². The number of thiocarbonyl (C=S) groups is 2. The molecule has 0 aliphatic heterocycles. The summed E-state index contributed by atoms with van der Waals surface area (Å²) in [5, 5.41) is 6.31. The van der Waals surface area contributed by atoms with Crippen LogP contribution in [0.5, 0.6) is 11.5 Å². The first-order valence-electron chi connectivity index (χ1n) is 8.82. The van der Waals surface area contributed by atoms with E-state index >= 15 is 0 Å². The van der Waals surface area contributed by atoms with Crippen LogP contribution in [-0.4, -0.2) is 34.9 Å². The van der Waals surface area contributed by atoms with Gasteiger partial charge in [0.1, 0.15) is 33.4 Å². The first kappa shape index (κ1) is 22.8. The average molecular weight is 453 g/mol. The van der Waals surface area contributed by atoms with Crippen molar-refractivity contribution >= 4 is 54.7 Å². The number of hydrogen-bond acceptors (Lipinski definition) is 6. The van der Waals surface area contributed by atoms with Crippen molar-refractivity contribution in [2.45, 2.75) is 13.8 Å². The third kappa shape index (κ3) is 9.64. The topological polar surface area (TPSA) is 42.5 Å². The molecule has 0 amide bonds. The fourth-order valence-corrected chi connectivity index (χ4v) is 4.29. The van der Waals surface area contributed by atoms with Gasteiger partial charge >= 0.3 is 0 Å². The van der Waals surface area contributed by atoms with E-state index in [2.05, 4.69) is 10.6 Å². The molecule has 2 aromatic rings. The zero-order chi connectivity index (χ0) is 20.2. The van der Waals surface area contributed by atoms with Crippen LogP contribution in [0.2, 0.25) is 0 Å². The monoisotopic (exact) mass is 452 g/mol. The smallest absolute Gasteiger partial charge is 0.144 e. The van der Waals surface area contributed by atoms with Gasteiger partial charge in [-0.05, 0) is 70.8 Å². The van der Waals surface area contributed by atoms with Crippen LogP contribution in [0.3, 0.4) is 0 Å². The number of aryl methyl sites for hydroxylation is 2. The third-order valence-corrected chi connectivity index (χ3v) is 6.80. The van der Waals surface area contributed by atoms with Gasteiger partial charge < -0.3 is 20.1 Å². The van der Waals surface area contributed by atoms with Crippen molar-refractivity contribution < 1.29 is 9.47 Å². The molecule has 0 aromatic heterocycles. The summed E-state index contributed by atoms with van der Waals surface area (Å²) in [7, 11) is 2.85. The molecule has 0 aliphatic carbocycles. The number of benzene rings is 2. The van der Waals surface area contributed by atoms with E-state index < -0.39 is 0 Å². The second kappa shape index (κ2) is 12.9. The highest BCUT2D eigenvalue weighted by Crippen LogP contribution is 2.22. The van der Waals surface area contributed by atoms with Crippen molar-refractivity contribution in [1.82, 2.24) is 10.6 Å². The highest BCUT2D eigenvalue weighted by Gasteiger charge is 2.03. The average Bonchev–Trinajstić information content (AvgIpc) is 2.67. The van der Waals surface area contributed by atoms with Crippen molar-refractivity contribution in [2.75, 3.05) is 26.3 Å². The molecule has 0 aliphatic rings. The molecule has 2 aromatic carbocycles. The second-order valence-electron chi connectivity index (χ2n) is 5.93. The van der Waals surface area contributed by atoms with Crippen LogP contribution >= 0.6 is 46.0 Å². The first-order chi connectivity index (χ1) is 13.5. The van der Waals surface area contributed by atoms with Crippen LogP contribution in [0, 0.1) is 13.8 Å². The van der Waals surface area contributed by atoms with Gasteiger partial charge in [-0.3, -0.25) is 0 Å². The molecular weight excluding hydrogens is 429 g/mol. The number of ether oxygens (including phenoxy) is 2. The summed E-state index contributed by atoms with van der Waals surface area (Å²) in [6.45, 7) is 6.47. The van der Waals surface area contributed by atoms with Gasteiger partial charge in [-0.25, -0.2) is 0 Å². The molecule has 2 N–H and O–H groups in total. The largest absolute Gasteiger partial charge is 0.492 e. The van der Waals surface area contributed by atoms with Crippen LogP contribution in [0.15, 0.2) is 48.5 Å². The van der Waals surface area contributed by atoms with Crippen molar-refractivity contribution in [1.29, 1.82) is 0 Å². The SMILES string of the molecule is Cc1cccc(OCCNC(=S)SSC(=S)NCCOc2cccc(C)c2)c1. The fraction of sp³-hybridized carbons (Fsp3) is 0.300. The highest BCUT2D eigenvalue weighted by atomic mass is 33.1. The van der Waals surface area contributed by atoms with E-state index in [-0.39, 0.29) is 0 Å². The van der Waals surface area contributed by atoms with Gasteiger partial charge in [0.25, 0.3) is 0 Å². The Labute approximate surface area is 185 Å². The van der Waals surface area contributed by atoms with Crippen LogP contribution in [0.25, 0.3) is 0 Å². The summed E-state index contributed by atoms with van der Waals surface area (Å²) in [4.78, 5) is 0. The van der Waals surface area contributed by atoms with Gasteiger partial charge in [0.15, 0.2) is 0 Å². The van der Waals surface area contributed by atoms with E-state index in [1.807, 2.05) is 62.4 Å². The fourth-order valence-electron chi connectivity index (χ4n) is 2.19. The van der Waals surface area contributed by atoms with Gasteiger partial charge in [0.2, 0.25) is 0 Å². The Morgan fingerprint density at radius 2 is 1.21 bits per heavy atom. The summed E-state index contributed by atoms with van der Waals surface area (Å²) >= 11 is 10.6. The minimum atomic E-state index is 0.549. The molecule has 4 nitrogen and oxygen atoms in total. The lowest BCUT2D eigenvalue weighted by Gasteiger charge is -2.11. The summed E-state index contributed by atoms with van der Waals surface area (Å²) in [5.74, 6) is 1.74. The van der Waals surface area contributed by atoms with Crippen molar-refractivity contribution in [3.8, 4) is 11.5 Å². The predicted molar refractivity (Wildman–Crippen MR) is 130 cm³/mol. The standard InChI is InChI=1S/C20H24N2O2S4/c1-15-5-3-7-17(13-15)23-11-9-21-19(25)27-28-20(26)22-10-12-24-18-8-4-6-16(2)14-18/h3-8,13-14H,9-12H2,1-2H3,(H,21,25)(H,22,26). The molecule has 0 heterocycles. The molecule has 0 saturated heterocycles. The minimum absolute atomic E-state index is 0.549. The number of nitrogens with one attached hydrogen (secondary N) is 2. The van der Waals surface area contributed by atoms with Gasteiger partial charge in [-0.15, -0.1) is 0 Å². The molecular formula is C20H24N2O2S4. The lowest BCUT2D eigenvalue weighted by molar-refractivity contribution is 0.322. The number of rotatable bonds is 8. The number of hydrogen-bond donors (Lipinski definition) is 2. The van der Waals surface area contributed by atoms with Crippen LogP contribution < -0.4 is 20.1 Å². The minimum Gasteiger partial charge on any atom is -0.492 e. The molecule has 2 rings (SSSR count). The molecule has 0 fully saturated rings. The molecule has 150 valence electrons. The molecule has 0 saturated carbocycles. The van der Waals surface area contributed by atoms with Crippen molar-refractivity contribution in [3.05, 3.63) is 59.7 Å². The third-order valence-electron chi connectivity index (χ3n) is 3.45. The Balaban J connectivity index is 1.50. The summed E-state index contributed by atoms with van der Waals surface area (Å²) in [6, 6.07) is 16.0. The highest BCUT2D eigenvalue weighted by molar-refractivity contribution is 8.89. The molecule has 0 atom stereocenters. The van der Waals surface area contributed by atoms with Crippen molar-refractivity contribution in [3.63, 3.8) is 0 Å². The Morgan fingerprint density at radius 3 is 1.61 bits per heavy atom. The van der Waals surface area contributed by atoms with Gasteiger partial charge in [-0.1, -0.05) is 48.7 Å². The predicted octanol–water partition coefficient (Wildman–Crippen LogP) is 4.89. The van der Waals surface area contributed by atoms with Gasteiger partial charge in [-0.2, -0.15) is 0 Å². The maximum atomic E-state index is 5.68. The summed E-state index contributed by atoms with van der Waals surface area (Å²) in [6.07, 6.45) is 0. The lowest BCUT2D eigenvalue weighted by atomic mass is 10.2. The maximum absolute atomic E-state index is 5.68. The van der Waals surface area contributed by atoms with Crippen LogP contribution in [-0.2, 0) is 0 Å².